The smallest absolute Gasteiger partial charge is 0.312 e. The highest BCUT2D eigenvalue weighted by molar-refractivity contribution is 6.05. The molecule has 0 heterocycles. The van der Waals surface area contributed by atoms with E-state index < -0.39 is 6.03 Å². The number of urea groups is 1. The summed E-state index contributed by atoms with van der Waals surface area (Å²) < 4.78 is 0. The molecule has 0 aliphatic heterocycles. The molecule has 0 aliphatic carbocycles. The van der Waals surface area contributed by atoms with Gasteiger partial charge in [0.05, 0.1) is 17.4 Å². The van der Waals surface area contributed by atoms with E-state index in [9.17, 15) is 9.59 Å². The molecule has 3 aromatic rings. The van der Waals surface area contributed by atoms with Gasteiger partial charge in [0.1, 0.15) is 0 Å². The van der Waals surface area contributed by atoms with Crippen molar-refractivity contribution in [2.24, 2.45) is 5.73 Å². The van der Waals surface area contributed by atoms with Crippen molar-refractivity contribution in [1.82, 2.24) is 10.2 Å². The first kappa shape index (κ1) is 27.5. The lowest BCUT2D eigenvalue weighted by Crippen LogP contribution is -2.33. The van der Waals surface area contributed by atoms with Gasteiger partial charge in [-0.05, 0) is 80.4 Å². The Hall–Kier alpha value is -4.04. The highest BCUT2D eigenvalue weighted by Crippen LogP contribution is 2.29. The molecule has 0 saturated heterocycles. The van der Waals surface area contributed by atoms with Gasteiger partial charge in [-0.15, -0.1) is 0 Å². The van der Waals surface area contributed by atoms with Gasteiger partial charge in [0.25, 0.3) is 5.91 Å². The first-order chi connectivity index (χ1) is 17.6. The van der Waals surface area contributed by atoms with E-state index in [1.807, 2.05) is 38.4 Å². The van der Waals surface area contributed by atoms with Crippen molar-refractivity contribution in [3.63, 3.8) is 0 Å². The third-order valence-electron chi connectivity index (χ3n) is 6.37. The van der Waals surface area contributed by atoms with Crippen LogP contribution in [0.25, 0.3) is 0 Å². The Bertz CT molecular complexity index is 1180. The molecule has 8 heteroatoms. The summed E-state index contributed by atoms with van der Waals surface area (Å²) in [5.74, 6) is 0.0286. The van der Waals surface area contributed by atoms with Gasteiger partial charge in [-0.25, -0.2) is 4.79 Å². The van der Waals surface area contributed by atoms with E-state index in [4.69, 9.17) is 11.5 Å². The minimum atomic E-state index is -0.578. The Kier molecular flexibility index (Phi) is 9.51. The van der Waals surface area contributed by atoms with Crippen molar-refractivity contribution in [2.45, 2.75) is 24.8 Å². The maximum Gasteiger partial charge on any atom is 0.312 e. The van der Waals surface area contributed by atoms with Gasteiger partial charge in [-0.2, -0.15) is 0 Å². The Morgan fingerprint density at radius 3 is 2.03 bits per heavy atom. The van der Waals surface area contributed by atoms with Crippen LogP contribution in [-0.4, -0.2) is 51.6 Å². The van der Waals surface area contributed by atoms with Crippen molar-refractivity contribution < 1.29 is 9.59 Å². The molecular weight excluding hydrogens is 464 g/mol. The quantitative estimate of drug-likeness (QED) is 0.290. The fourth-order valence-corrected chi connectivity index (χ4v) is 4.38. The molecule has 196 valence electrons. The zero-order chi connectivity index (χ0) is 26.9. The third-order valence-corrected chi connectivity index (χ3v) is 6.37. The van der Waals surface area contributed by atoms with Gasteiger partial charge >= 0.3 is 6.03 Å². The molecule has 0 saturated carbocycles. The molecule has 3 rings (SSSR count). The average Bonchev–Trinajstić information content (AvgIpc) is 2.86. The molecule has 0 aromatic heterocycles. The van der Waals surface area contributed by atoms with E-state index >= 15 is 0 Å². The molecule has 8 nitrogen and oxygen atoms in total. The SMILES string of the molecule is CN(C)CC(CCC(NC(N)=O)c1ccc(C(=O)Nc2ccccc2N)cc1)c1ccc(N(C)C)cc1. The maximum atomic E-state index is 12.7. The zero-order valence-electron chi connectivity index (χ0n) is 22.1. The van der Waals surface area contributed by atoms with Crippen LogP contribution >= 0.6 is 0 Å². The van der Waals surface area contributed by atoms with Crippen LogP contribution in [0.5, 0.6) is 0 Å². The maximum absolute atomic E-state index is 12.7. The summed E-state index contributed by atoms with van der Waals surface area (Å²) >= 11 is 0. The van der Waals surface area contributed by atoms with Crippen LogP contribution in [0.3, 0.4) is 0 Å². The van der Waals surface area contributed by atoms with E-state index in [-0.39, 0.29) is 17.9 Å². The number of carbonyl (C=O) groups excluding carboxylic acids is 2. The number of nitrogen functional groups attached to an aromatic ring is 1. The molecule has 3 amide bonds. The van der Waals surface area contributed by atoms with Crippen molar-refractivity contribution in [3.05, 3.63) is 89.5 Å². The monoisotopic (exact) mass is 502 g/mol. The Balaban J connectivity index is 1.73. The third kappa shape index (κ3) is 7.98. The minimum absolute atomic E-state index is 0.254. The van der Waals surface area contributed by atoms with Crippen LogP contribution in [0.1, 0.15) is 46.3 Å². The summed E-state index contributed by atoms with van der Waals surface area (Å²) in [6.07, 6.45) is 1.54. The van der Waals surface area contributed by atoms with Crippen LogP contribution in [-0.2, 0) is 0 Å². The number of nitrogens with zero attached hydrogens (tertiary/aromatic N) is 2. The number of para-hydroxylation sites is 2. The molecule has 3 aromatic carbocycles. The normalized spacial score (nSPS) is 12.6. The van der Waals surface area contributed by atoms with Gasteiger partial charge in [0.2, 0.25) is 0 Å². The van der Waals surface area contributed by atoms with Crippen molar-refractivity contribution in [1.29, 1.82) is 0 Å². The minimum Gasteiger partial charge on any atom is -0.397 e. The number of amides is 3. The summed E-state index contributed by atoms with van der Waals surface area (Å²) in [6.45, 7) is 0.881. The predicted octanol–water partition coefficient (Wildman–Crippen LogP) is 4.42. The molecule has 0 fully saturated rings. The van der Waals surface area contributed by atoms with E-state index in [0.29, 0.717) is 23.4 Å². The van der Waals surface area contributed by atoms with Gasteiger partial charge in [0.15, 0.2) is 0 Å². The van der Waals surface area contributed by atoms with Crippen LogP contribution in [0, 0.1) is 0 Å². The fourth-order valence-electron chi connectivity index (χ4n) is 4.38. The second-order valence-electron chi connectivity index (χ2n) is 9.75. The number of benzene rings is 3. The van der Waals surface area contributed by atoms with E-state index in [1.165, 1.54) is 5.56 Å². The van der Waals surface area contributed by atoms with Gasteiger partial charge in [-0.1, -0.05) is 36.4 Å². The van der Waals surface area contributed by atoms with E-state index in [2.05, 4.69) is 58.8 Å². The first-order valence-corrected chi connectivity index (χ1v) is 12.4. The second-order valence-corrected chi connectivity index (χ2v) is 9.75. The average molecular weight is 503 g/mol. The largest absolute Gasteiger partial charge is 0.397 e. The lowest BCUT2D eigenvalue weighted by molar-refractivity contribution is 0.102. The number of hydrogen-bond acceptors (Lipinski definition) is 5. The summed E-state index contributed by atoms with van der Waals surface area (Å²) in [6, 6.07) is 22.1. The fraction of sp³-hybridized carbons (Fsp3) is 0.310. The first-order valence-electron chi connectivity index (χ1n) is 12.4. The zero-order valence-corrected chi connectivity index (χ0v) is 22.1. The number of anilines is 3. The van der Waals surface area contributed by atoms with Crippen molar-refractivity contribution in [2.75, 3.05) is 50.7 Å². The molecule has 2 unspecified atom stereocenters. The summed E-state index contributed by atoms with van der Waals surface area (Å²) in [7, 11) is 8.18. The molecule has 0 bridgehead atoms. The number of hydrogen-bond donors (Lipinski definition) is 4. The van der Waals surface area contributed by atoms with Crippen molar-refractivity contribution in [3.8, 4) is 0 Å². The van der Waals surface area contributed by atoms with E-state index in [0.717, 1.165) is 24.2 Å². The number of primary amides is 1. The lowest BCUT2D eigenvalue weighted by Gasteiger charge is -2.25. The van der Waals surface area contributed by atoms with Crippen LogP contribution in [0.2, 0.25) is 0 Å². The number of likely N-dealkylation sites (N-methyl/N-ethyl adjacent to an activating group) is 1. The topological polar surface area (TPSA) is 117 Å². The van der Waals surface area contributed by atoms with Crippen LogP contribution in [0.15, 0.2) is 72.8 Å². The molecule has 0 spiro atoms. The summed E-state index contributed by atoms with van der Waals surface area (Å²) in [5.41, 5.74) is 16.3. The van der Waals surface area contributed by atoms with Crippen LogP contribution < -0.4 is 27.0 Å². The Labute approximate surface area is 219 Å². The highest BCUT2D eigenvalue weighted by Gasteiger charge is 2.19. The number of carbonyl (C=O) groups is 2. The highest BCUT2D eigenvalue weighted by atomic mass is 16.2. The van der Waals surface area contributed by atoms with Crippen molar-refractivity contribution >= 4 is 29.0 Å². The Morgan fingerprint density at radius 2 is 1.46 bits per heavy atom. The molecular formula is C29H38N6O2. The molecule has 37 heavy (non-hydrogen) atoms. The number of rotatable bonds is 11. The molecule has 0 radical (unpaired) electrons. The summed E-state index contributed by atoms with van der Waals surface area (Å²) in [5, 5.41) is 5.71. The van der Waals surface area contributed by atoms with E-state index in [1.54, 1.807) is 24.3 Å². The van der Waals surface area contributed by atoms with Gasteiger partial charge in [-0.3, -0.25) is 4.79 Å². The van der Waals surface area contributed by atoms with Crippen LogP contribution in [0.4, 0.5) is 21.9 Å². The predicted molar refractivity (Wildman–Crippen MR) is 152 cm³/mol. The summed E-state index contributed by atoms with van der Waals surface area (Å²) in [4.78, 5) is 28.8. The molecule has 2 atom stereocenters. The number of nitrogens with two attached hydrogens (primary N) is 2. The molecule has 6 N–H and O–H groups in total. The number of nitrogens with one attached hydrogen (secondary N) is 2. The van der Waals surface area contributed by atoms with Gasteiger partial charge in [0, 0.05) is 31.9 Å². The Morgan fingerprint density at radius 1 is 0.838 bits per heavy atom. The van der Waals surface area contributed by atoms with Gasteiger partial charge < -0.3 is 31.9 Å². The second kappa shape index (κ2) is 12.8. The molecule has 0 aliphatic rings. The standard InChI is InChI=1S/C29H38N6O2/c1-34(2)19-23(20-13-16-24(17-14-20)35(3)4)15-18-26(33-29(31)37)21-9-11-22(12-10-21)28(36)32-27-8-6-5-7-25(27)30/h5-14,16-17,23,26H,15,18-19,30H2,1-4H3,(H,32,36)(H3,31,33,37). The lowest BCUT2D eigenvalue weighted by atomic mass is 9.90.